The monoisotopic (exact) mass is 408 g/mol. The van der Waals surface area contributed by atoms with Crippen molar-refractivity contribution in [3.63, 3.8) is 0 Å². The Morgan fingerprint density at radius 1 is 1.07 bits per heavy atom. The zero-order valence-corrected chi connectivity index (χ0v) is 15.2. The maximum absolute atomic E-state index is 12.2. The molecule has 0 saturated heterocycles. The SMILES string of the molecule is C/C(=N/NC(=O)c1ccc(C)c([N+](=O)[O-])c1)c1ccc(NC(=O)C(F)(F)F)cc1. The molecule has 29 heavy (non-hydrogen) atoms. The average Bonchev–Trinajstić information content (AvgIpc) is 2.65. The normalized spacial score (nSPS) is 11.7. The van der Waals surface area contributed by atoms with Crippen LogP contribution in [0.2, 0.25) is 0 Å². The lowest BCUT2D eigenvalue weighted by Crippen LogP contribution is -2.29. The van der Waals surface area contributed by atoms with Crippen molar-refractivity contribution in [2.45, 2.75) is 20.0 Å². The van der Waals surface area contributed by atoms with E-state index >= 15 is 0 Å². The molecule has 8 nitrogen and oxygen atoms in total. The first kappa shape index (κ1) is 21.5. The van der Waals surface area contributed by atoms with Crippen molar-refractivity contribution in [1.29, 1.82) is 0 Å². The maximum Gasteiger partial charge on any atom is 0.471 e. The highest BCUT2D eigenvalue weighted by Crippen LogP contribution is 2.20. The molecule has 0 spiro atoms. The summed E-state index contributed by atoms with van der Waals surface area (Å²) in [5.41, 5.74) is 3.26. The predicted molar refractivity (Wildman–Crippen MR) is 98.6 cm³/mol. The molecule has 2 aromatic rings. The van der Waals surface area contributed by atoms with Gasteiger partial charge in [0.2, 0.25) is 0 Å². The zero-order chi connectivity index (χ0) is 21.8. The number of nitro groups is 1. The summed E-state index contributed by atoms with van der Waals surface area (Å²) in [6.07, 6.45) is -4.99. The fourth-order valence-corrected chi connectivity index (χ4v) is 2.21. The molecule has 2 N–H and O–H groups in total. The number of rotatable bonds is 5. The number of alkyl halides is 3. The largest absolute Gasteiger partial charge is 0.471 e. The van der Waals surface area contributed by atoms with E-state index in [-0.39, 0.29) is 16.9 Å². The summed E-state index contributed by atoms with van der Waals surface area (Å²) in [4.78, 5) is 33.4. The van der Waals surface area contributed by atoms with Gasteiger partial charge in [0, 0.05) is 22.9 Å². The van der Waals surface area contributed by atoms with Crippen LogP contribution in [0.15, 0.2) is 47.6 Å². The lowest BCUT2D eigenvalue weighted by atomic mass is 10.1. The number of nitro benzene ring substituents is 1. The summed E-state index contributed by atoms with van der Waals surface area (Å²) in [6.45, 7) is 3.09. The van der Waals surface area contributed by atoms with Crippen LogP contribution in [0.1, 0.15) is 28.4 Å². The van der Waals surface area contributed by atoms with Crippen LogP contribution in [0.25, 0.3) is 0 Å². The Labute approximate surface area is 162 Å². The van der Waals surface area contributed by atoms with Crippen LogP contribution in [0.5, 0.6) is 0 Å². The van der Waals surface area contributed by atoms with Crippen molar-refractivity contribution >= 4 is 28.9 Å². The van der Waals surface area contributed by atoms with Gasteiger partial charge in [0.05, 0.1) is 10.6 Å². The Bertz CT molecular complexity index is 986. The molecule has 0 bridgehead atoms. The van der Waals surface area contributed by atoms with E-state index in [0.717, 1.165) is 6.07 Å². The molecule has 0 aromatic heterocycles. The van der Waals surface area contributed by atoms with E-state index in [1.54, 1.807) is 19.2 Å². The standard InChI is InChI=1S/C18H15F3N4O4/c1-10-3-4-13(9-15(10)25(28)29)16(26)24-23-11(2)12-5-7-14(8-6-12)22-17(27)18(19,20)21/h3-9H,1-2H3,(H,22,27)(H,24,26)/b23-11-. The molecule has 0 fully saturated rings. The number of benzene rings is 2. The molecular formula is C18H15F3N4O4. The first-order valence-electron chi connectivity index (χ1n) is 8.07. The van der Waals surface area contributed by atoms with Gasteiger partial charge in [-0.15, -0.1) is 0 Å². The molecule has 0 aliphatic rings. The number of nitrogens with one attached hydrogen (secondary N) is 2. The predicted octanol–water partition coefficient (Wildman–Crippen LogP) is 3.56. The second-order valence-electron chi connectivity index (χ2n) is 5.93. The number of amides is 2. The van der Waals surface area contributed by atoms with Gasteiger partial charge in [0.15, 0.2) is 0 Å². The van der Waals surface area contributed by atoms with Crippen LogP contribution in [-0.4, -0.2) is 28.6 Å². The summed E-state index contributed by atoms with van der Waals surface area (Å²) in [5.74, 6) is -2.75. The number of hydrogen-bond donors (Lipinski definition) is 2. The van der Waals surface area contributed by atoms with Gasteiger partial charge in [-0.3, -0.25) is 19.7 Å². The van der Waals surface area contributed by atoms with Crippen molar-refractivity contribution < 1.29 is 27.7 Å². The van der Waals surface area contributed by atoms with Crippen LogP contribution in [0.3, 0.4) is 0 Å². The summed E-state index contributed by atoms with van der Waals surface area (Å²) >= 11 is 0. The third kappa shape index (κ3) is 5.61. The topological polar surface area (TPSA) is 114 Å². The Morgan fingerprint density at radius 2 is 1.66 bits per heavy atom. The number of halogens is 3. The fourth-order valence-electron chi connectivity index (χ4n) is 2.21. The second-order valence-corrected chi connectivity index (χ2v) is 5.93. The Hall–Kier alpha value is -3.76. The number of carbonyl (C=O) groups is 2. The van der Waals surface area contributed by atoms with Crippen LogP contribution in [0.4, 0.5) is 24.5 Å². The molecule has 0 heterocycles. The van der Waals surface area contributed by atoms with Crippen molar-refractivity contribution in [2.75, 3.05) is 5.32 Å². The molecule has 2 amide bonds. The first-order valence-corrected chi connectivity index (χ1v) is 8.07. The molecule has 0 aliphatic heterocycles. The zero-order valence-electron chi connectivity index (χ0n) is 15.2. The van der Waals surface area contributed by atoms with E-state index in [9.17, 15) is 32.9 Å². The smallest absolute Gasteiger partial charge is 0.318 e. The van der Waals surface area contributed by atoms with Crippen molar-refractivity contribution in [3.05, 3.63) is 69.3 Å². The van der Waals surface area contributed by atoms with Crippen LogP contribution in [0, 0.1) is 17.0 Å². The minimum absolute atomic E-state index is 0.0454. The number of anilines is 1. The molecule has 0 unspecified atom stereocenters. The summed E-state index contributed by atoms with van der Waals surface area (Å²) in [5, 5.41) is 16.5. The minimum Gasteiger partial charge on any atom is -0.318 e. The second kappa shape index (κ2) is 8.50. The van der Waals surface area contributed by atoms with Crippen molar-refractivity contribution in [1.82, 2.24) is 5.43 Å². The molecular weight excluding hydrogens is 393 g/mol. The molecule has 2 aromatic carbocycles. The molecule has 0 radical (unpaired) electrons. The lowest BCUT2D eigenvalue weighted by molar-refractivity contribution is -0.385. The molecule has 11 heteroatoms. The first-order chi connectivity index (χ1) is 13.5. The van der Waals surface area contributed by atoms with E-state index in [4.69, 9.17) is 0 Å². The average molecular weight is 408 g/mol. The maximum atomic E-state index is 12.2. The van der Waals surface area contributed by atoms with Crippen molar-refractivity contribution in [2.24, 2.45) is 5.10 Å². The number of nitrogens with zero attached hydrogens (tertiary/aromatic N) is 2. The Morgan fingerprint density at radius 3 is 2.21 bits per heavy atom. The van der Waals surface area contributed by atoms with Gasteiger partial charge in [-0.05, 0) is 37.6 Å². The van der Waals surface area contributed by atoms with Crippen LogP contribution in [-0.2, 0) is 4.79 Å². The van der Waals surface area contributed by atoms with E-state index in [1.807, 2.05) is 0 Å². The van der Waals surface area contributed by atoms with E-state index < -0.39 is 22.9 Å². The molecule has 0 saturated carbocycles. The van der Waals surface area contributed by atoms with E-state index in [1.165, 1.54) is 36.4 Å². The fraction of sp³-hybridized carbons (Fsp3) is 0.167. The lowest BCUT2D eigenvalue weighted by Gasteiger charge is -2.08. The Kier molecular flexibility index (Phi) is 6.32. The number of aryl methyl sites for hydroxylation is 1. The summed E-state index contributed by atoms with van der Waals surface area (Å²) in [6, 6.07) is 9.32. The highest BCUT2D eigenvalue weighted by molar-refractivity contribution is 6.01. The molecule has 152 valence electrons. The van der Waals surface area contributed by atoms with E-state index in [2.05, 4.69) is 10.5 Å². The minimum atomic E-state index is -4.99. The van der Waals surface area contributed by atoms with E-state index in [0.29, 0.717) is 16.8 Å². The molecule has 0 aliphatic carbocycles. The quantitative estimate of drug-likeness (QED) is 0.447. The Balaban J connectivity index is 2.08. The summed E-state index contributed by atoms with van der Waals surface area (Å²) in [7, 11) is 0. The van der Waals surface area contributed by atoms with Gasteiger partial charge in [0.25, 0.3) is 11.6 Å². The van der Waals surface area contributed by atoms with Gasteiger partial charge < -0.3 is 5.32 Å². The van der Waals surface area contributed by atoms with Gasteiger partial charge in [-0.2, -0.15) is 18.3 Å². The van der Waals surface area contributed by atoms with Crippen molar-refractivity contribution in [3.8, 4) is 0 Å². The number of hydrogen-bond acceptors (Lipinski definition) is 5. The molecule has 0 atom stereocenters. The number of hydrazone groups is 1. The highest BCUT2D eigenvalue weighted by Gasteiger charge is 2.38. The third-order valence-corrected chi connectivity index (χ3v) is 3.81. The van der Waals surface area contributed by atoms with Gasteiger partial charge in [-0.25, -0.2) is 5.43 Å². The van der Waals surface area contributed by atoms with Gasteiger partial charge in [0.1, 0.15) is 0 Å². The van der Waals surface area contributed by atoms with Gasteiger partial charge >= 0.3 is 12.1 Å². The number of carbonyl (C=O) groups excluding carboxylic acids is 2. The summed E-state index contributed by atoms with van der Waals surface area (Å²) < 4.78 is 36.7. The highest BCUT2D eigenvalue weighted by atomic mass is 19.4. The molecule has 2 rings (SSSR count). The van der Waals surface area contributed by atoms with Crippen LogP contribution >= 0.6 is 0 Å². The third-order valence-electron chi connectivity index (χ3n) is 3.81. The van der Waals surface area contributed by atoms with Crippen LogP contribution < -0.4 is 10.7 Å². The van der Waals surface area contributed by atoms with Gasteiger partial charge in [-0.1, -0.05) is 18.2 Å².